The van der Waals surface area contributed by atoms with Crippen molar-refractivity contribution >= 4 is 0 Å². The van der Waals surface area contributed by atoms with E-state index < -0.39 is 0 Å². The molecule has 0 spiro atoms. The summed E-state index contributed by atoms with van der Waals surface area (Å²) >= 11 is 0. The predicted octanol–water partition coefficient (Wildman–Crippen LogP) is 0.731. The van der Waals surface area contributed by atoms with Gasteiger partial charge in [0, 0.05) is 12.5 Å². The number of aromatic amines is 1. The lowest BCUT2D eigenvalue weighted by Crippen LogP contribution is -2.31. The van der Waals surface area contributed by atoms with Crippen LogP contribution in [-0.2, 0) is 24.3 Å². The Hall–Kier alpha value is -1.20. The lowest BCUT2D eigenvalue weighted by molar-refractivity contribution is 0.107. The van der Waals surface area contributed by atoms with Gasteiger partial charge >= 0.3 is 0 Å². The largest absolute Gasteiger partial charge is 0.376 e. The molecule has 2 N–H and O–H groups in total. The molecule has 18 heavy (non-hydrogen) atoms. The summed E-state index contributed by atoms with van der Waals surface area (Å²) < 4.78 is 5.28. The van der Waals surface area contributed by atoms with Gasteiger partial charge in [0.05, 0.1) is 31.0 Å². The second-order valence-electron chi connectivity index (χ2n) is 5.25. The van der Waals surface area contributed by atoms with Gasteiger partial charge in [-0.05, 0) is 25.7 Å². The van der Waals surface area contributed by atoms with Crippen LogP contribution in [0.5, 0.6) is 0 Å². The molecule has 0 saturated heterocycles. The van der Waals surface area contributed by atoms with Gasteiger partial charge in [-0.15, -0.1) is 0 Å². The molecule has 1 aliphatic carbocycles. The molecule has 5 nitrogen and oxygen atoms in total. The fraction of sp³-hybridized carbons (Fsp3) is 0.692. The van der Waals surface area contributed by atoms with Gasteiger partial charge in [0.1, 0.15) is 5.82 Å². The highest BCUT2D eigenvalue weighted by atomic mass is 16.5. The van der Waals surface area contributed by atoms with Crippen LogP contribution in [0, 0.1) is 5.92 Å². The van der Waals surface area contributed by atoms with Gasteiger partial charge < -0.3 is 15.0 Å². The van der Waals surface area contributed by atoms with Crippen LogP contribution in [0.3, 0.4) is 0 Å². The van der Waals surface area contributed by atoms with E-state index in [2.05, 4.69) is 22.2 Å². The van der Waals surface area contributed by atoms with E-state index in [-0.39, 0.29) is 5.56 Å². The zero-order chi connectivity index (χ0) is 12.5. The maximum Gasteiger partial charge on any atom is 0.256 e. The summed E-state index contributed by atoms with van der Waals surface area (Å²) in [6.45, 7) is 3.89. The fourth-order valence-electron chi connectivity index (χ4n) is 2.40. The third kappa shape index (κ3) is 2.47. The van der Waals surface area contributed by atoms with Gasteiger partial charge in [-0.3, -0.25) is 4.79 Å². The molecule has 0 bridgehead atoms. The van der Waals surface area contributed by atoms with Crippen molar-refractivity contribution < 1.29 is 4.74 Å². The van der Waals surface area contributed by atoms with E-state index in [0.29, 0.717) is 31.4 Å². The van der Waals surface area contributed by atoms with Crippen LogP contribution in [0.4, 0.5) is 0 Å². The van der Waals surface area contributed by atoms with Gasteiger partial charge in [-0.2, -0.15) is 0 Å². The normalized spacial score (nSPS) is 20.5. The van der Waals surface area contributed by atoms with Crippen LogP contribution < -0.4 is 10.9 Å². The lowest BCUT2D eigenvalue weighted by atomic mass is 10.1. The Morgan fingerprint density at radius 1 is 1.56 bits per heavy atom. The molecular formula is C13H19N3O2. The van der Waals surface area contributed by atoms with Crippen molar-refractivity contribution in [3.63, 3.8) is 0 Å². The Balaban J connectivity index is 1.72. The first-order valence-corrected chi connectivity index (χ1v) is 6.66. The molecule has 1 fully saturated rings. The number of rotatable bonds is 4. The Labute approximate surface area is 106 Å². The molecule has 3 rings (SSSR count). The average Bonchev–Trinajstić information content (AvgIpc) is 3.20. The highest BCUT2D eigenvalue weighted by molar-refractivity contribution is 5.19. The zero-order valence-electron chi connectivity index (χ0n) is 10.7. The van der Waals surface area contributed by atoms with Crippen molar-refractivity contribution in [1.82, 2.24) is 15.3 Å². The van der Waals surface area contributed by atoms with Crippen LogP contribution in [-0.4, -0.2) is 22.6 Å². The van der Waals surface area contributed by atoms with Crippen LogP contribution in [0.1, 0.15) is 36.8 Å². The molecule has 1 atom stereocenters. The molecule has 0 aromatic carbocycles. The molecule has 2 heterocycles. The Bertz CT molecular complexity index is 493. The van der Waals surface area contributed by atoms with Crippen LogP contribution >= 0.6 is 0 Å². The van der Waals surface area contributed by atoms with Crippen LogP contribution in [0.2, 0.25) is 0 Å². The number of ether oxygens (including phenoxy) is 1. The van der Waals surface area contributed by atoms with E-state index in [1.807, 2.05) is 0 Å². The van der Waals surface area contributed by atoms with Crippen molar-refractivity contribution in [2.24, 2.45) is 5.92 Å². The van der Waals surface area contributed by atoms with Gasteiger partial charge in [0.15, 0.2) is 0 Å². The summed E-state index contributed by atoms with van der Waals surface area (Å²) in [5.74, 6) is 1.55. The number of H-pyrrole nitrogens is 1. The average molecular weight is 249 g/mol. The summed E-state index contributed by atoms with van der Waals surface area (Å²) in [6, 6.07) is 0.509. The fourth-order valence-corrected chi connectivity index (χ4v) is 2.40. The minimum Gasteiger partial charge on any atom is -0.376 e. The summed E-state index contributed by atoms with van der Waals surface area (Å²) in [7, 11) is 0. The van der Waals surface area contributed by atoms with E-state index in [1.165, 1.54) is 12.8 Å². The smallest absolute Gasteiger partial charge is 0.256 e. The standard InChI is InChI=1S/C13H19N3O2/c1-8(9-2-3-9)14-6-12-15-11-4-5-18-7-10(11)13(17)16-12/h8-9,14H,2-7H2,1H3,(H,15,16,17)/t8-/m0/s1. The maximum atomic E-state index is 11.9. The molecule has 2 aliphatic rings. The van der Waals surface area contributed by atoms with E-state index in [1.54, 1.807) is 0 Å². The summed E-state index contributed by atoms with van der Waals surface area (Å²) in [6.07, 6.45) is 3.38. The second kappa shape index (κ2) is 4.82. The lowest BCUT2D eigenvalue weighted by Gasteiger charge is -2.16. The number of nitrogens with zero attached hydrogens (tertiary/aromatic N) is 1. The first-order valence-electron chi connectivity index (χ1n) is 6.66. The third-order valence-electron chi connectivity index (χ3n) is 3.80. The number of nitrogens with one attached hydrogen (secondary N) is 2. The summed E-state index contributed by atoms with van der Waals surface area (Å²) in [4.78, 5) is 19.2. The van der Waals surface area contributed by atoms with Crippen LogP contribution in [0.25, 0.3) is 0 Å². The molecular weight excluding hydrogens is 230 g/mol. The Kier molecular flexibility index (Phi) is 3.18. The molecule has 0 amide bonds. The van der Waals surface area contributed by atoms with E-state index in [9.17, 15) is 4.79 Å². The predicted molar refractivity (Wildman–Crippen MR) is 67.2 cm³/mol. The topological polar surface area (TPSA) is 67.0 Å². The monoisotopic (exact) mass is 249 g/mol. The third-order valence-corrected chi connectivity index (χ3v) is 3.80. The van der Waals surface area contributed by atoms with Crippen LogP contribution in [0.15, 0.2) is 4.79 Å². The zero-order valence-corrected chi connectivity index (χ0v) is 10.7. The number of fused-ring (bicyclic) bond motifs is 1. The molecule has 0 radical (unpaired) electrons. The van der Waals surface area contributed by atoms with Crippen molar-refractivity contribution in [3.8, 4) is 0 Å². The van der Waals surface area contributed by atoms with Crippen molar-refractivity contribution in [2.45, 2.75) is 45.4 Å². The van der Waals surface area contributed by atoms with E-state index >= 15 is 0 Å². The van der Waals surface area contributed by atoms with E-state index in [0.717, 1.165) is 23.9 Å². The Morgan fingerprint density at radius 2 is 2.39 bits per heavy atom. The number of aromatic nitrogens is 2. The minimum absolute atomic E-state index is 0.0458. The number of hydrogen-bond acceptors (Lipinski definition) is 4. The summed E-state index contributed by atoms with van der Waals surface area (Å²) in [5.41, 5.74) is 1.55. The molecule has 1 aliphatic heterocycles. The minimum atomic E-state index is -0.0458. The second-order valence-corrected chi connectivity index (χ2v) is 5.25. The van der Waals surface area contributed by atoms with E-state index in [4.69, 9.17) is 4.74 Å². The first kappa shape index (κ1) is 11.9. The number of hydrogen-bond donors (Lipinski definition) is 2. The van der Waals surface area contributed by atoms with Crippen molar-refractivity contribution in [3.05, 3.63) is 27.4 Å². The van der Waals surface area contributed by atoms with Gasteiger partial charge in [-0.1, -0.05) is 0 Å². The van der Waals surface area contributed by atoms with Gasteiger partial charge in [0.2, 0.25) is 0 Å². The molecule has 1 aromatic heterocycles. The molecule has 1 saturated carbocycles. The molecule has 98 valence electrons. The highest BCUT2D eigenvalue weighted by Gasteiger charge is 2.27. The summed E-state index contributed by atoms with van der Waals surface area (Å²) in [5, 5.41) is 3.43. The first-order chi connectivity index (χ1) is 8.74. The SMILES string of the molecule is C[C@H](NCc1nc2c(c(=O)[nH]1)COCC2)C1CC1. The van der Waals surface area contributed by atoms with Gasteiger partial charge in [0.25, 0.3) is 5.56 Å². The quantitative estimate of drug-likeness (QED) is 0.825. The maximum absolute atomic E-state index is 11.9. The Morgan fingerprint density at radius 3 is 3.17 bits per heavy atom. The van der Waals surface area contributed by atoms with Crippen molar-refractivity contribution in [2.75, 3.05) is 6.61 Å². The highest BCUT2D eigenvalue weighted by Crippen LogP contribution is 2.32. The van der Waals surface area contributed by atoms with Crippen molar-refractivity contribution in [1.29, 1.82) is 0 Å². The molecule has 1 aromatic rings. The molecule has 0 unspecified atom stereocenters. The molecule has 5 heteroatoms. The van der Waals surface area contributed by atoms with Gasteiger partial charge in [-0.25, -0.2) is 4.98 Å².